The summed E-state index contributed by atoms with van der Waals surface area (Å²) in [4.78, 5) is 8.36. The Balaban J connectivity index is 2.77. The van der Waals surface area contributed by atoms with E-state index in [4.69, 9.17) is 10.6 Å². The summed E-state index contributed by atoms with van der Waals surface area (Å²) < 4.78 is 5.16. The maximum Gasteiger partial charge on any atom is 0.237 e. The normalized spacial score (nSPS) is 12.8. The summed E-state index contributed by atoms with van der Waals surface area (Å²) >= 11 is 1.81. The smallest absolute Gasteiger partial charge is 0.237 e. The standard InChI is InChI=1S/C10H18N4OS/c1-7(2)16-6-8(14-11)9-10(15-3)13-5-4-12-9/h4-5,7-8,14H,6,11H2,1-3H3. The molecular weight excluding hydrogens is 224 g/mol. The molecule has 1 unspecified atom stereocenters. The van der Waals surface area contributed by atoms with E-state index in [9.17, 15) is 0 Å². The Morgan fingerprint density at radius 1 is 1.44 bits per heavy atom. The summed E-state index contributed by atoms with van der Waals surface area (Å²) in [7, 11) is 1.58. The molecule has 0 aliphatic rings. The van der Waals surface area contributed by atoms with Crippen LogP contribution in [0.2, 0.25) is 0 Å². The summed E-state index contributed by atoms with van der Waals surface area (Å²) in [6.07, 6.45) is 3.24. The molecule has 1 atom stereocenters. The van der Waals surface area contributed by atoms with Crippen LogP contribution in [0.5, 0.6) is 5.88 Å². The molecule has 5 nitrogen and oxygen atoms in total. The molecule has 0 bridgehead atoms. The predicted octanol–water partition coefficient (Wildman–Crippen LogP) is 1.13. The lowest BCUT2D eigenvalue weighted by molar-refractivity contribution is 0.381. The zero-order valence-electron chi connectivity index (χ0n) is 9.80. The topological polar surface area (TPSA) is 73.1 Å². The summed E-state index contributed by atoms with van der Waals surface area (Å²) in [6.45, 7) is 4.29. The van der Waals surface area contributed by atoms with Crippen molar-refractivity contribution in [2.75, 3.05) is 12.9 Å². The van der Waals surface area contributed by atoms with Crippen LogP contribution in [0.15, 0.2) is 12.4 Å². The molecule has 1 aromatic rings. The Kier molecular flexibility index (Phi) is 5.51. The van der Waals surface area contributed by atoms with Crippen molar-refractivity contribution in [3.8, 4) is 5.88 Å². The SMILES string of the molecule is COc1nccnc1C(CSC(C)C)NN. The first-order valence-corrected chi connectivity index (χ1v) is 6.16. The van der Waals surface area contributed by atoms with Crippen LogP contribution in [0, 0.1) is 0 Å². The lowest BCUT2D eigenvalue weighted by Crippen LogP contribution is -2.31. The second-order valence-electron chi connectivity index (χ2n) is 3.55. The molecule has 6 heteroatoms. The van der Waals surface area contributed by atoms with Gasteiger partial charge < -0.3 is 4.74 Å². The first kappa shape index (κ1) is 13.2. The Bertz CT molecular complexity index is 321. The van der Waals surface area contributed by atoms with E-state index in [1.807, 2.05) is 11.8 Å². The van der Waals surface area contributed by atoms with Crippen molar-refractivity contribution in [1.82, 2.24) is 15.4 Å². The minimum atomic E-state index is -0.0453. The van der Waals surface area contributed by atoms with Crippen LogP contribution in [0.1, 0.15) is 25.6 Å². The molecule has 0 aromatic carbocycles. The molecule has 0 radical (unpaired) electrons. The molecule has 0 fully saturated rings. The fourth-order valence-electron chi connectivity index (χ4n) is 1.23. The van der Waals surface area contributed by atoms with Crippen molar-refractivity contribution in [1.29, 1.82) is 0 Å². The average Bonchev–Trinajstić information content (AvgIpc) is 2.30. The molecule has 0 spiro atoms. The monoisotopic (exact) mass is 242 g/mol. The highest BCUT2D eigenvalue weighted by molar-refractivity contribution is 7.99. The first-order valence-electron chi connectivity index (χ1n) is 5.11. The van der Waals surface area contributed by atoms with Crippen molar-refractivity contribution in [2.24, 2.45) is 5.84 Å². The second kappa shape index (κ2) is 6.67. The van der Waals surface area contributed by atoms with Crippen molar-refractivity contribution < 1.29 is 4.74 Å². The third-order valence-corrected chi connectivity index (χ3v) is 3.20. The maximum atomic E-state index is 5.53. The van der Waals surface area contributed by atoms with Crippen LogP contribution >= 0.6 is 11.8 Å². The van der Waals surface area contributed by atoms with E-state index in [1.165, 1.54) is 0 Å². The second-order valence-corrected chi connectivity index (χ2v) is 5.16. The van der Waals surface area contributed by atoms with Crippen LogP contribution in [-0.2, 0) is 0 Å². The van der Waals surface area contributed by atoms with Crippen LogP contribution in [0.25, 0.3) is 0 Å². The minimum Gasteiger partial charge on any atom is -0.480 e. The number of hydrogen-bond donors (Lipinski definition) is 2. The molecule has 0 saturated carbocycles. The molecule has 1 rings (SSSR count). The molecule has 1 heterocycles. The summed E-state index contributed by atoms with van der Waals surface area (Å²) in [6, 6.07) is -0.0453. The van der Waals surface area contributed by atoms with Crippen LogP contribution in [0.4, 0.5) is 0 Å². The van der Waals surface area contributed by atoms with Crippen molar-refractivity contribution in [2.45, 2.75) is 25.1 Å². The fraction of sp³-hybridized carbons (Fsp3) is 0.600. The van der Waals surface area contributed by atoms with Gasteiger partial charge in [-0.15, -0.1) is 0 Å². The zero-order chi connectivity index (χ0) is 12.0. The van der Waals surface area contributed by atoms with Crippen molar-refractivity contribution in [3.63, 3.8) is 0 Å². The van der Waals surface area contributed by atoms with E-state index >= 15 is 0 Å². The predicted molar refractivity (Wildman–Crippen MR) is 66.2 cm³/mol. The van der Waals surface area contributed by atoms with E-state index in [-0.39, 0.29) is 6.04 Å². The van der Waals surface area contributed by atoms with Gasteiger partial charge in [0.25, 0.3) is 0 Å². The lowest BCUT2D eigenvalue weighted by Gasteiger charge is -2.17. The summed E-state index contributed by atoms with van der Waals surface area (Å²) in [5.74, 6) is 6.89. The number of hydrazine groups is 1. The van der Waals surface area contributed by atoms with Gasteiger partial charge in [-0.3, -0.25) is 16.3 Å². The number of hydrogen-bond acceptors (Lipinski definition) is 6. The molecule has 0 saturated heterocycles. The molecule has 16 heavy (non-hydrogen) atoms. The highest BCUT2D eigenvalue weighted by Crippen LogP contribution is 2.24. The maximum absolute atomic E-state index is 5.53. The van der Waals surface area contributed by atoms with Crippen molar-refractivity contribution in [3.05, 3.63) is 18.1 Å². The summed E-state index contributed by atoms with van der Waals surface area (Å²) in [5.41, 5.74) is 3.50. The molecule has 0 amide bonds. The Labute approximate surface area is 100 Å². The van der Waals surface area contributed by atoms with Crippen LogP contribution in [-0.4, -0.2) is 28.1 Å². The van der Waals surface area contributed by atoms with Gasteiger partial charge in [-0.25, -0.2) is 4.98 Å². The van der Waals surface area contributed by atoms with Crippen molar-refractivity contribution >= 4 is 11.8 Å². The Morgan fingerprint density at radius 2 is 2.12 bits per heavy atom. The van der Waals surface area contributed by atoms with Gasteiger partial charge in [0.2, 0.25) is 5.88 Å². The molecule has 0 aliphatic carbocycles. The van der Waals surface area contributed by atoms with E-state index in [1.54, 1.807) is 19.5 Å². The number of methoxy groups -OCH3 is 1. The number of thioether (sulfide) groups is 1. The Morgan fingerprint density at radius 3 is 2.69 bits per heavy atom. The molecular formula is C10H18N4OS. The van der Waals surface area contributed by atoms with E-state index < -0.39 is 0 Å². The first-order chi connectivity index (χ1) is 7.69. The van der Waals surface area contributed by atoms with Crippen LogP contribution < -0.4 is 16.0 Å². The molecule has 0 aliphatic heterocycles. The molecule has 1 aromatic heterocycles. The molecule has 3 N–H and O–H groups in total. The number of rotatable bonds is 6. The van der Waals surface area contributed by atoms with Gasteiger partial charge in [-0.2, -0.15) is 11.8 Å². The quantitative estimate of drug-likeness (QED) is 0.575. The van der Waals surface area contributed by atoms with Crippen LogP contribution in [0.3, 0.4) is 0 Å². The number of nitrogens with two attached hydrogens (primary N) is 1. The fourth-order valence-corrected chi connectivity index (χ4v) is 2.06. The highest BCUT2D eigenvalue weighted by Gasteiger charge is 2.17. The lowest BCUT2D eigenvalue weighted by atomic mass is 10.2. The number of nitrogens with zero attached hydrogens (tertiary/aromatic N) is 2. The van der Waals surface area contributed by atoms with E-state index in [0.717, 1.165) is 11.4 Å². The third kappa shape index (κ3) is 3.62. The van der Waals surface area contributed by atoms with Gasteiger partial charge in [-0.05, 0) is 5.25 Å². The number of nitrogens with one attached hydrogen (secondary N) is 1. The van der Waals surface area contributed by atoms with Gasteiger partial charge >= 0.3 is 0 Å². The van der Waals surface area contributed by atoms with Gasteiger partial charge in [0, 0.05) is 18.1 Å². The minimum absolute atomic E-state index is 0.0453. The van der Waals surface area contributed by atoms with Gasteiger partial charge in [0.1, 0.15) is 5.69 Å². The third-order valence-electron chi connectivity index (χ3n) is 2.01. The largest absolute Gasteiger partial charge is 0.480 e. The number of ether oxygens (including phenoxy) is 1. The van der Waals surface area contributed by atoms with E-state index in [2.05, 4.69) is 29.2 Å². The molecule has 90 valence electrons. The van der Waals surface area contributed by atoms with Gasteiger partial charge in [0.15, 0.2) is 0 Å². The average molecular weight is 242 g/mol. The van der Waals surface area contributed by atoms with Gasteiger partial charge in [0.05, 0.1) is 13.2 Å². The summed E-state index contributed by atoms with van der Waals surface area (Å²) in [5, 5.41) is 0.554. The number of aromatic nitrogens is 2. The van der Waals surface area contributed by atoms with Gasteiger partial charge in [-0.1, -0.05) is 13.8 Å². The highest BCUT2D eigenvalue weighted by atomic mass is 32.2. The zero-order valence-corrected chi connectivity index (χ0v) is 10.6. The van der Waals surface area contributed by atoms with E-state index in [0.29, 0.717) is 11.1 Å². The Hall–Kier alpha value is -0.850.